The Morgan fingerprint density at radius 1 is 0.879 bits per heavy atom. The van der Waals surface area contributed by atoms with E-state index in [4.69, 9.17) is 0 Å². The molecule has 2 saturated heterocycles. The van der Waals surface area contributed by atoms with Crippen LogP contribution >= 0.6 is 11.8 Å². The third-order valence-corrected chi connectivity index (χ3v) is 18.6. The van der Waals surface area contributed by atoms with Gasteiger partial charge in [0.25, 0.3) is 0 Å². The fraction of sp³-hybridized carbons (Fsp3) is 0.787. The molecule has 11 heteroatoms. The van der Waals surface area contributed by atoms with Crippen molar-refractivity contribution in [2.75, 3.05) is 18.8 Å². The van der Waals surface area contributed by atoms with E-state index in [-0.39, 0.29) is 81.1 Å². The molecule has 318 valence electrons. The standard InChI is InChI=1S/C47H69N5O5S/c1-42(2)18-20-47(40(56)50-23-13-9-8-12-22-49-36(54)15-11-10-14-33-38-31(28-58-33)51-41(57)52-38)21-19-46(7)37(30(47)26-42)32(53)24-35-44(5)25-29(27-48)39(55)43(3,4)34(44)16-17-45(35,46)6/h24-25,30-31,33-34,37-38H,8-23,26,28H2,1-7H3,(H,49,54)(H,50,56)(H2,51,52,57)/t30?,31-,33-,34-,37?,38-,44-,45+,46+,47-/m0/s1. The summed E-state index contributed by atoms with van der Waals surface area (Å²) in [4.78, 5) is 66.8. The van der Waals surface area contributed by atoms with Crippen LogP contribution in [0, 0.1) is 61.6 Å². The number of amides is 4. The second-order valence-electron chi connectivity index (χ2n) is 21.3. The van der Waals surface area contributed by atoms with Gasteiger partial charge >= 0.3 is 6.03 Å². The van der Waals surface area contributed by atoms with Crippen molar-refractivity contribution in [1.29, 1.82) is 5.26 Å². The fourth-order valence-corrected chi connectivity index (χ4v) is 15.1. The van der Waals surface area contributed by atoms with Crippen LogP contribution in [-0.2, 0) is 19.2 Å². The summed E-state index contributed by atoms with van der Waals surface area (Å²) in [6.07, 6.45) is 16.8. The molecule has 10 atom stereocenters. The van der Waals surface area contributed by atoms with Crippen molar-refractivity contribution >= 4 is 41.2 Å². The molecule has 2 unspecified atom stereocenters. The lowest BCUT2D eigenvalue weighted by atomic mass is 9.34. The highest BCUT2D eigenvalue weighted by Gasteiger charge is 2.70. The first-order chi connectivity index (χ1) is 27.3. The number of allylic oxidation sites excluding steroid dienone is 4. The zero-order chi connectivity index (χ0) is 41.9. The van der Waals surface area contributed by atoms with E-state index < -0.39 is 16.2 Å². The van der Waals surface area contributed by atoms with Gasteiger partial charge in [0.2, 0.25) is 11.8 Å². The van der Waals surface area contributed by atoms with Crippen LogP contribution in [0.3, 0.4) is 0 Å². The number of unbranched alkanes of at least 4 members (excludes halogenated alkanes) is 4. The molecule has 5 aliphatic carbocycles. The van der Waals surface area contributed by atoms with Gasteiger partial charge < -0.3 is 21.3 Å². The maximum atomic E-state index is 14.8. The van der Waals surface area contributed by atoms with E-state index in [1.807, 2.05) is 37.8 Å². The molecule has 3 saturated carbocycles. The van der Waals surface area contributed by atoms with Crippen molar-refractivity contribution in [1.82, 2.24) is 21.3 Å². The van der Waals surface area contributed by atoms with E-state index in [1.54, 1.807) is 0 Å². The molecular weight excluding hydrogens is 747 g/mol. The molecule has 0 radical (unpaired) electrons. The molecule has 0 aromatic carbocycles. The van der Waals surface area contributed by atoms with Gasteiger partial charge in [0.05, 0.1) is 23.1 Å². The number of Topliss-reactive ketones (excluding diaryl/α,β-unsaturated/α-hetero) is 1. The van der Waals surface area contributed by atoms with Crippen LogP contribution in [-0.4, -0.2) is 65.6 Å². The third kappa shape index (κ3) is 7.17. The Bertz CT molecular complexity index is 1810. The van der Waals surface area contributed by atoms with E-state index in [0.717, 1.165) is 101 Å². The number of rotatable bonds is 13. The van der Waals surface area contributed by atoms with Gasteiger partial charge in [-0.05, 0) is 105 Å². The van der Waals surface area contributed by atoms with Crippen LogP contribution in [0.1, 0.15) is 145 Å². The number of nitrogens with one attached hydrogen (secondary N) is 4. The summed E-state index contributed by atoms with van der Waals surface area (Å²) in [5, 5.41) is 22.9. The average Bonchev–Trinajstić information content (AvgIpc) is 3.72. The van der Waals surface area contributed by atoms with Crippen molar-refractivity contribution in [2.24, 2.45) is 50.2 Å². The van der Waals surface area contributed by atoms with E-state index in [2.05, 4.69) is 62.0 Å². The summed E-state index contributed by atoms with van der Waals surface area (Å²) in [5.74, 6) is 0.907. The molecule has 2 aliphatic heterocycles. The van der Waals surface area contributed by atoms with Gasteiger partial charge in [0.1, 0.15) is 6.07 Å². The number of thioether (sulfide) groups is 1. The quantitative estimate of drug-likeness (QED) is 0.110. The molecule has 10 nitrogen and oxygen atoms in total. The maximum Gasteiger partial charge on any atom is 0.315 e. The molecule has 0 bridgehead atoms. The number of fused-ring (bicyclic) bond motifs is 8. The van der Waals surface area contributed by atoms with E-state index >= 15 is 0 Å². The van der Waals surface area contributed by atoms with Crippen molar-refractivity contribution in [3.63, 3.8) is 0 Å². The molecule has 4 amide bonds. The summed E-state index contributed by atoms with van der Waals surface area (Å²) >= 11 is 1.91. The molecule has 4 N–H and O–H groups in total. The van der Waals surface area contributed by atoms with Crippen molar-refractivity contribution < 1.29 is 24.0 Å². The van der Waals surface area contributed by atoms with Crippen LogP contribution in [0.4, 0.5) is 4.79 Å². The highest BCUT2D eigenvalue weighted by molar-refractivity contribution is 8.00. The zero-order valence-electron chi connectivity index (χ0n) is 36.2. The van der Waals surface area contributed by atoms with Gasteiger partial charge in [-0.1, -0.05) is 79.4 Å². The van der Waals surface area contributed by atoms with Gasteiger partial charge in [-0.3, -0.25) is 19.2 Å². The summed E-state index contributed by atoms with van der Waals surface area (Å²) in [5.41, 5.74) is -1.16. The fourth-order valence-electron chi connectivity index (χ4n) is 13.6. The highest BCUT2D eigenvalue weighted by Crippen LogP contribution is 2.74. The number of urea groups is 1. The maximum absolute atomic E-state index is 14.8. The van der Waals surface area contributed by atoms with Gasteiger partial charge in [0.15, 0.2) is 11.6 Å². The van der Waals surface area contributed by atoms with Gasteiger partial charge in [-0.15, -0.1) is 0 Å². The number of carbonyl (C=O) groups is 5. The second kappa shape index (κ2) is 15.7. The predicted molar refractivity (Wildman–Crippen MR) is 227 cm³/mol. The summed E-state index contributed by atoms with van der Waals surface area (Å²) < 4.78 is 0. The molecule has 0 aromatic rings. The molecule has 7 rings (SSSR count). The first-order valence-electron chi connectivity index (χ1n) is 22.5. The topological polar surface area (TPSA) is 157 Å². The van der Waals surface area contributed by atoms with Crippen molar-refractivity contribution in [3.8, 4) is 6.07 Å². The number of carbonyl (C=O) groups excluding carboxylic acids is 5. The average molecular weight is 816 g/mol. The van der Waals surface area contributed by atoms with E-state index in [1.165, 1.54) is 0 Å². The minimum Gasteiger partial charge on any atom is -0.356 e. The molecule has 5 fully saturated rings. The van der Waals surface area contributed by atoms with E-state index in [9.17, 15) is 29.2 Å². The molecule has 58 heavy (non-hydrogen) atoms. The Kier molecular flexibility index (Phi) is 11.6. The molecule has 0 aromatic heterocycles. The van der Waals surface area contributed by atoms with Crippen LogP contribution in [0.25, 0.3) is 0 Å². The second-order valence-corrected chi connectivity index (χ2v) is 22.6. The Morgan fingerprint density at radius 2 is 1.59 bits per heavy atom. The minimum atomic E-state index is -0.698. The molecule has 0 spiro atoms. The minimum absolute atomic E-state index is 0.00517. The Morgan fingerprint density at radius 3 is 2.31 bits per heavy atom. The van der Waals surface area contributed by atoms with Crippen LogP contribution in [0.5, 0.6) is 0 Å². The Balaban J connectivity index is 0.921. The van der Waals surface area contributed by atoms with Crippen LogP contribution in [0.2, 0.25) is 0 Å². The van der Waals surface area contributed by atoms with Gasteiger partial charge in [-0.2, -0.15) is 17.0 Å². The smallest absolute Gasteiger partial charge is 0.315 e. The number of nitrogens with zero attached hydrogens (tertiary/aromatic N) is 1. The first-order valence-corrected chi connectivity index (χ1v) is 23.6. The zero-order valence-corrected chi connectivity index (χ0v) is 37.1. The SMILES string of the molecule is CC1(C)CC[C@]2(C(=O)NCCCCCCNC(=O)CCCC[C@@H]3SC[C@@H]4NC(=O)N[C@@H]43)CC[C@]3(C)C(C(=O)C=C4[C@@]5(C)C=C(C#N)C(=O)C(C)(C)[C@@H]5CC[C@]43C)C2C1. The molecule has 7 aliphatic rings. The van der Waals surface area contributed by atoms with Gasteiger partial charge in [-0.25, -0.2) is 4.79 Å². The molecule has 2 heterocycles. The lowest BCUT2D eigenvalue weighted by molar-refractivity contribution is -0.178. The summed E-state index contributed by atoms with van der Waals surface area (Å²) in [6, 6.07) is 2.60. The predicted octanol–water partition coefficient (Wildman–Crippen LogP) is 7.72. The Hall–Kier alpha value is -3.13. The third-order valence-electron chi connectivity index (χ3n) is 17.1. The summed E-state index contributed by atoms with van der Waals surface area (Å²) in [7, 11) is 0. The number of nitriles is 1. The number of hydrogen-bond donors (Lipinski definition) is 4. The van der Waals surface area contributed by atoms with E-state index in [0.29, 0.717) is 24.8 Å². The van der Waals surface area contributed by atoms with Crippen LogP contribution in [0.15, 0.2) is 23.3 Å². The number of ketones is 2. The number of hydrogen-bond acceptors (Lipinski definition) is 7. The van der Waals surface area contributed by atoms with Crippen molar-refractivity contribution in [2.45, 2.75) is 162 Å². The highest BCUT2D eigenvalue weighted by atomic mass is 32.2. The lowest BCUT2D eigenvalue weighted by Gasteiger charge is -2.69. The molecular formula is C47H69N5O5S. The normalized spacial score (nSPS) is 39.2. The van der Waals surface area contributed by atoms with Gasteiger partial charge in [0, 0.05) is 47.3 Å². The lowest BCUT2D eigenvalue weighted by Crippen LogP contribution is -2.66. The summed E-state index contributed by atoms with van der Waals surface area (Å²) in [6.45, 7) is 16.7. The van der Waals surface area contributed by atoms with Crippen LogP contribution < -0.4 is 21.3 Å². The first kappa shape index (κ1) is 43.0. The van der Waals surface area contributed by atoms with Crippen molar-refractivity contribution in [3.05, 3.63) is 23.3 Å². The Labute approximate surface area is 351 Å². The monoisotopic (exact) mass is 816 g/mol. The largest absolute Gasteiger partial charge is 0.356 e.